The van der Waals surface area contributed by atoms with Crippen LogP contribution in [0.5, 0.6) is 0 Å². The lowest BCUT2D eigenvalue weighted by Gasteiger charge is -2.20. The summed E-state index contributed by atoms with van der Waals surface area (Å²) in [6.07, 6.45) is 0.388. The van der Waals surface area contributed by atoms with Gasteiger partial charge in [-0.1, -0.05) is 0 Å². The van der Waals surface area contributed by atoms with E-state index in [9.17, 15) is 4.79 Å². The largest absolute Gasteiger partial charge is 0.393 e. The molecule has 0 aliphatic carbocycles. The Labute approximate surface area is 79.5 Å². The molecule has 0 bridgehead atoms. The predicted octanol–water partition coefficient (Wildman–Crippen LogP) is -0.142. The molecule has 78 valence electrons. The molecule has 0 aromatic carbocycles. The van der Waals surface area contributed by atoms with Gasteiger partial charge in [-0.2, -0.15) is 0 Å². The summed E-state index contributed by atoms with van der Waals surface area (Å²) >= 11 is 0. The van der Waals surface area contributed by atoms with Crippen molar-refractivity contribution in [3.05, 3.63) is 0 Å². The van der Waals surface area contributed by atoms with Crippen LogP contribution in [-0.2, 0) is 4.79 Å². The van der Waals surface area contributed by atoms with Crippen molar-refractivity contribution in [2.24, 2.45) is 11.1 Å². The maximum atomic E-state index is 10.9. The molecular weight excluding hydrogens is 168 g/mol. The molecule has 4 N–H and O–H groups in total. The molecule has 0 fully saturated rings. The Kier molecular flexibility index (Phi) is 4.95. The molecule has 0 spiro atoms. The molecule has 1 amide bonds. The van der Waals surface area contributed by atoms with Crippen LogP contribution in [-0.4, -0.2) is 30.2 Å². The molecule has 0 aromatic heterocycles. The quantitative estimate of drug-likeness (QED) is 0.508. The van der Waals surface area contributed by atoms with Gasteiger partial charge in [0, 0.05) is 6.54 Å². The van der Waals surface area contributed by atoms with Crippen LogP contribution in [0.15, 0.2) is 0 Å². The molecule has 13 heavy (non-hydrogen) atoms. The summed E-state index contributed by atoms with van der Waals surface area (Å²) < 4.78 is 0. The van der Waals surface area contributed by atoms with Gasteiger partial charge in [0.1, 0.15) is 0 Å². The van der Waals surface area contributed by atoms with Gasteiger partial charge in [0.05, 0.1) is 11.5 Å². The van der Waals surface area contributed by atoms with E-state index in [1.165, 1.54) is 0 Å². The van der Waals surface area contributed by atoms with Gasteiger partial charge < -0.3 is 16.2 Å². The van der Waals surface area contributed by atoms with Gasteiger partial charge in [-0.25, -0.2) is 0 Å². The minimum atomic E-state index is -0.515. The van der Waals surface area contributed by atoms with Crippen molar-refractivity contribution in [3.8, 4) is 0 Å². The van der Waals surface area contributed by atoms with E-state index in [0.29, 0.717) is 19.5 Å². The molecule has 1 atom stereocenters. The van der Waals surface area contributed by atoms with E-state index in [1.807, 2.05) is 0 Å². The number of hydrogen-bond acceptors (Lipinski definition) is 3. The highest BCUT2D eigenvalue weighted by molar-refractivity contribution is 5.80. The molecule has 0 saturated heterocycles. The van der Waals surface area contributed by atoms with Gasteiger partial charge in [0.2, 0.25) is 5.91 Å². The number of amides is 1. The highest BCUT2D eigenvalue weighted by Gasteiger charge is 2.23. The number of primary amides is 1. The highest BCUT2D eigenvalue weighted by Crippen LogP contribution is 2.11. The van der Waals surface area contributed by atoms with E-state index in [-0.39, 0.29) is 12.0 Å². The molecule has 0 saturated carbocycles. The molecule has 4 nitrogen and oxygen atoms in total. The van der Waals surface area contributed by atoms with Crippen molar-refractivity contribution in [2.45, 2.75) is 33.3 Å². The zero-order chi connectivity index (χ0) is 10.5. The van der Waals surface area contributed by atoms with Gasteiger partial charge >= 0.3 is 0 Å². The summed E-state index contributed by atoms with van der Waals surface area (Å²) in [5, 5.41) is 12.0. The van der Waals surface area contributed by atoms with E-state index in [0.717, 1.165) is 0 Å². The standard InChI is InChI=1S/C9H20N2O2/c1-7(12)4-5-11-6-9(2,3)8(10)13/h7,11-12H,4-6H2,1-3H3,(H2,10,13). The number of aliphatic hydroxyl groups is 1. The molecule has 1 unspecified atom stereocenters. The molecule has 4 heteroatoms. The Balaban J connectivity index is 3.58. The van der Waals surface area contributed by atoms with Crippen molar-refractivity contribution >= 4 is 5.91 Å². The molecule has 0 heterocycles. The van der Waals surface area contributed by atoms with Crippen LogP contribution in [0, 0.1) is 5.41 Å². The Morgan fingerprint density at radius 1 is 1.62 bits per heavy atom. The van der Waals surface area contributed by atoms with E-state index >= 15 is 0 Å². The zero-order valence-electron chi connectivity index (χ0n) is 8.63. The van der Waals surface area contributed by atoms with Crippen LogP contribution in [0.3, 0.4) is 0 Å². The molecule has 0 aliphatic heterocycles. The first-order valence-corrected chi connectivity index (χ1v) is 4.55. The topological polar surface area (TPSA) is 75.3 Å². The number of carbonyl (C=O) groups is 1. The van der Waals surface area contributed by atoms with E-state index < -0.39 is 5.41 Å². The van der Waals surface area contributed by atoms with Crippen LogP contribution in [0.2, 0.25) is 0 Å². The van der Waals surface area contributed by atoms with Crippen molar-refractivity contribution in [2.75, 3.05) is 13.1 Å². The third kappa shape index (κ3) is 5.60. The molecule has 0 radical (unpaired) electrons. The fourth-order valence-electron chi connectivity index (χ4n) is 0.799. The molecule has 0 rings (SSSR count). The highest BCUT2D eigenvalue weighted by atomic mass is 16.3. The Hall–Kier alpha value is -0.610. The molecule has 0 aliphatic rings. The Bertz CT molecular complexity index is 167. The normalized spacial score (nSPS) is 14.2. The first kappa shape index (κ1) is 12.4. The summed E-state index contributed by atoms with van der Waals surface area (Å²) in [6, 6.07) is 0. The Morgan fingerprint density at radius 3 is 2.54 bits per heavy atom. The SMILES string of the molecule is CC(O)CCNCC(C)(C)C(N)=O. The van der Waals surface area contributed by atoms with Crippen molar-refractivity contribution in [1.82, 2.24) is 5.32 Å². The second-order valence-electron chi connectivity index (χ2n) is 4.06. The van der Waals surface area contributed by atoms with Crippen LogP contribution in [0.4, 0.5) is 0 Å². The monoisotopic (exact) mass is 188 g/mol. The van der Waals surface area contributed by atoms with Crippen molar-refractivity contribution < 1.29 is 9.90 Å². The lowest BCUT2D eigenvalue weighted by atomic mass is 9.93. The number of rotatable bonds is 6. The fraction of sp³-hybridized carbons (Fsp3) is 0.889. The number of nitrogens with two attached hydrogens (primary N) is 1. The predicted molar refractivity (Wildman–Crippen MR) is 52.1 cm³/mol. The van der Waals surface area contributed by atoms with Crippen LogP contribution >= 0.6 is 0 Å². The minimum Gasteiger partial charge on any atom is -0.393 e. The van der Waals surface area contributed by atoms with Gasteiger partial charge in [0.25, 0.3) is 0 Å². The zero-order valence-corrected chi connectivity index (χ0v) is 8.63. The van der Waals surface area contributed by atoms with Gasteiger partial charge in [-0.15, -0.1) is 0 Å². The van der Waals surface area contributed by atoms with Crippen LogP contribution < -0.4 is 11.1 Å². The number of hydrogen-bond donors (Lipinski definition) is 3. The van der Waals surface area contributed by atoms with E-state index in [2.05, 4.69) is 5.32 Å². The summed E-state index contributed by atoms with van der Waals surface area (Å²) in [4.78, 5) is 10.9. The maximum Gasteiger partial charge on any atom is 0.224 e. The van der Waals surface area contributed by atoms with Gasteiger partial charge in [-0.3, -0.25) is 4.79 Å². The lowest BCUT2D eigenvalue weighted by molar-refractivity contribution is -0.125. The van der Waals surface area contributed by atoms with Crippen LogP contribution in [0.25, 0.3) is 0 Å². The lowest BCUT2D eigenvalue weighted by Crippen LogP contribution is -2.41. The van der Waals surface area contributed by atoms with Crippen molar-refractivity contribution in [1.29, 1.82) is 0 Å². The fourth-order valence-corrected chi connectivity index (χ4v) is 0.799. The molecular formula is C9H20N2O2. The van der Waals surface area contributed by atoms with Gasteiger partial charge in [0.15, 0.2) is 0 Å². The van der Waals surface area contributed by atoms with E-state index in [4.69, 9.17) is 10.8 Å². The number of carbonyl (C=O) groups excluding carboxylic acids is 1. The summed E-state index contributed by atoms with van der Waals surface area (Å²) in [5.74, 6) is -0.308. The first-order chi connectivity index (χ1) is 5.86. The average Bonchev–Trinajstić information content (AvgIpc) is 1.97. The van der Waals surface area contributed by atoms with Gasteiger partial charge in [-0.05, 0) is 33.7 Å². The second-order valence-corrected chi connectivity index (χ2v) is 4.06. The smallest absolute Gasteiger partial charge is 0.224 e. The summed E-state index contributed by atoms with van der Waals surface area (Å²) in [5.41, 5.74) is 4.67. The second kappa shape index (κ2) is 5.19. The third-order valence-electron chi connectivity index (χ3n) is 1.97. The maximum absolute atomic E-state index is 10.9. The Morgan fingerprint density at radius 2 is 2.15 bits per heavy atom. The van der Waals surface area contributed by atoms with E-state index in [1.54, 1.807) is 20.8 Å². The summed E-state index contributed by atoms with van der Waals surface area (Å²) in [7, 11) is 0. The summed E-state index contributed by atoms with van der Waals surface area (Å²) in [6.45, 7) is 6.58. The van der Waals surface area contributed by atoms with Crippen molar-refractivity contribution in [3.63, 3.8) is 0 Å². The average molecular weight is 188 g/mol. The number of aliphatic hydroxyl groups excluding tert-OH is 1. The number of nitrogens with one attached hydrogen (secondary N) is 1. The first-order valence-electron chi connectivity index (χ1n) is 4.55. The third-order valence-corrected chi connectivity index (χ3v) is 1.97. The molecule has 0 aromatic rings. The van der Waals surface area contributed by atoms with Crippen LogP contribution in [0.1, 0.15) is 27.2 Å². The minimum absolute atomic E-state index is 0.302.